The number of alkyl halides is 3. The summed E-state index contributed by atoms with van der Waals surface area (Å²) in [6.07, 6.45) is -2.30. The molecule has 0 heterocycles. The van der Waals surface area contributed by atoms with E-state index in [4.69, 9.17) is 14.6 Å². The highest BCUT2D eigenvalue weighted by Crippen LogP contribution is 2.22. The van der Waals surface area contributed by atoms with E-state index in [1.165, 1.54) is 30.3 Å². The fourth-order valence-electron chi connectivity index (χ4n) is 2.29. The summed E-state index contributed by atoms with van der Waals surface area (Å²) in [5, 5.41) is 8.59. The first-order valence-corrected chi connectivity index (χ1v) is 8.76. The number of aliphatic carboxylic acids is 1. The van der Waals surface area contributed by atoms with Crippen LogP contribution in [0.5, 0.6) is 11.5 Å². The van der Waals surface area contributed by atoms with E-state index in [0.717, 1.165) is 6.08 Å². The van der Waals surface area contributed by atoms with Crippen molar-refractivity contribution in [2.24, 2.45) is 0 Å². The lowest BCUT2D eigenvalue weighted by Crippen LogP contribution is -2.09. The number of hydrogen-bond acceptors (Lipinski definition) is 4. The number of ether oxygens (including phenoxy) is 2. The molecule has 0 atom stereocenters. The zero-order valence-electron chi connectivity index (χ0n) is 15.3. The van der Waals surface area contributed by atoms with Crippen LogP contribution in [-0.4, -0.2) is 29.8 Å². The lowest BCUT2D eigenvalue weighted by atomic mass is 10.2. The Balaban J connectivity index is 1.81. The van der Waals surface area contributed by atoms with Gasteiger partial charge in [0.1, 0.15) is 11.5 Å². The number of benzene rings is 2. The molecule has 2 aromatic carbocycles. The van der Waals surface area contributed by atoms with Crippen LogP contribution in [-0.2, 0) is 4.79 Å². The largest absolute Gasteiger partial charge is 0.494 e. The van der Waals surface area contributed by atoms with Crippen LogP contribution in [0.25, 0.3) is 6.08 Å². The van der Waals surface area contributed by atoms with E-state index in [0.29, 0.717) is 17.1 Å². The molecule has 0 aromatic heterocycles. The molecule has 0 saturated heterocycles. The zero-order chi connectivity index (χ0) is 21.3. The summed E-state index contributed by atoms with van der Waals surface area (Å²) in [6.45, 7) is 0.155. The number of unbranched alkanes of at least 4 members (excludes halogenated alkanes) is 1. The Kier molecular flexibility index (Phi) is 7.82. The van der Waals surface area contributed by atoms with Crippen molar-refractivity contribution in [3.63, 3.8) is 0 Å². The number of halogens is 3. The van der Waals surface area contributed by atoms with E-state index < -0.39 is 24.5 Å². The van der Waals surface area contributed by atoms with Crippen LogP contribution in [0.15, 0.2) is 54.6 Å². The Labute approximate surface area is 165 Å². The molecule has 0 radical (unpaired) electrons. The predicted octanol–water partition coefficient (Wildman–Crippen LogP) is 5.12. The van der Waals surface area contributed by atoms with E-state index in [1.807, 2.05) is 0 Å². The molecule has 0 fully saturated rings. The van der Waals surface area contributed by atoms with Gasteiger partial charge in [-0.05, 0) is 60.9 Å². The quantitative estimate of drug-likeness (QED) is 0.270. The Morgan fingerprint density at radius 1 is 0.931 bits per heavy atom. The standard InChI is InChI=1S/C21H19F3O5/c22-21(23,24)13-1-2-14-28-17-10-6-16(7-11-17)20(27)29-18-8-3-15(4-9-18)5-12-19(25)26/h3-12H,1-2,13-14H2,(H,25,26)/b12-5+. The monoisotopic (exact) mass is 408 g/mol. The van der Waals surface area contributed by atoms with Crippen molar-refractivity contribution in [1.82, 2.24) is 0 Å². The van der Waals surface area contributed by atoms with Gasteiger partial charge in [-0.1, -0.05) is 12.1 Å². The molecule has 29 heavy (non-hydrogen) atoms. The Hall–Kier alpha value is -3.29. The third-order valence-electron chi connectivity index (χ3n) is 3.72. The Morgan fingerprint density at radius 3 is 2.14 bits per heavy atom. The number of carboxylic acids is 1. The molecular formula is C21H19F3O5. The van der Waals surface area contributed by atoms with Crippen LogP contribution in [0.3, 0.4) is 0 Å². The predicted molar refractivity (Wildman–Crippen MR) is 99.9 cm³/mol. The Morgan fingerprint density at radius 2 is 1.55 bits per heavy atom. The molecule has 0 spiro atoms. The summed E-state index contributed by atoms with van der Waals surface area (Å²) >= 11 is 0. The first kappa shape index (κ1) is 22.0. The molecule has 1 N–H and O–H groups in total. The normalized spacial score (nSPS) is 11.4. The first-order valence-electron chi connectivity index (χ1n) is 8.76. The van der Waals surface area contributed by atoms with Gasteiger partial charge in [-0.25, -0.2) is 9.59 Å². The Bertz CT molecular complexity index is 840. The van der Waals surface area contributed by atoms with Gasteiger partial charge in [0, 0.05) is 12.5 Å². The van der Waals surface area contributed by atoms with Gasteiger partial charge in [-0.15, -0.1) is 0 Å². The highest BCUT2D eigenvalue weighted by atomic mass is 19.4. The maximum Gasteiger partial charge on any atom is 0.389 e. The van der Waals surface area contributed by atoms with Crippen molar-refractivity contribution >= 4 is 18.0 Å². The van der Waals surface area contributed by atoms with E-state index in [1.54, 1.807) is 24.3 Å². The van der Waals surface area contributed by atoms with E-state index in [9.17, 15) is 22.8 Å². The van der Waals surface area contributed by atoms with Gasteiger partial charge in [-0.3, -0.25) is 0 Å². The number of carbonyl (C=O) groups excluding carboxylic acids is 1. The van der Waals surface area contributed by atoms with Gasteiger partial charge in [0.15, 0.2) is 0 Å². The number of rotatable bonds is 9. The van der Waals surface area contributed by atoms with E-state index in [-0.39, 0.29) is 25.0 Å². The van der Waals surface area contributed by atoms with Crippen LogP contribution in [0, 0.1) is 0 Å². The number of esters is 1. The smallest absolute Gasteiger partial charge is 0.389 e. The molecule has 0 amide bonds. The summed E-state index contributed by atoms with van der Waals surface area (Å²) in [5.74, 6) is -0.902. The molecular weight excluding hydrogens is 389 g/mol. The van der Waals surface area contributed by atoms with Crippen LogP contribution < -0.4 is 9.47 Å². The second-order valence-electron chi connectivity index (χ2n) is 6.08. The number of carbonyl (C=O) groups is 2. The zero-order valence-corrected chi connectivity index (χ0v) is 15.3. The SMILES string of the molecule is O=C(O)/C=C/c1ccc(OC(=O)c2ccc(OCCCCC(F)(F)F)cc2)cc1. The minimum atomic E-state index is -4.16. The van der Waals surface area contributed by atoms with Gasteiger partial charge < -0.3 is 14.6 Å². The molecule has 0 unspecified atom stereocenters. The van der Waals surface area contributed by atoms with Crippen molar-refractivity contribution in [2.45, 2.75) is 25.4 Å². The minimum absolute atomic E-state index is 0.00119. The second kappa shape index (κ2) is 10.3. The van der Waals surface area contributed by atoms with Crippen LogP contribution in [0.4, 0.5) is 13.2 Å². The van der Waals surface area contributed by atoms with Crippen LogP contribution in [0.1, 0.15) is 35.2 Å². The molecule has 0 aliphatic heterocycles. The molecule has 0 aliphatic carbocycles. The summed E-state index contributed by atoms with van der Waals surface area (Å²) in [5.41, 5.74) is 0.924. The van der Waals surface area contributed by atoms with E-state index >= 15 is 0 Å². The molecule has 2 rings (SSSR count). The lowest BCUT2D eigenvalue weighted by Gasteiger charge is -2.09. The molecule has 5 nitrogen and oxygen atoms in total. The molecule has 0 saturated carbocycles. The van der Waals surface area contributed by atoms with E-state index in [2.05, 4.69) is 0 Å². The third kappa shape index (κ3) is 8.50. The molecule has 2 aromatic rings. The van der Waals surface area contributed by atoms with Crippen molar-refractivity contribution in [3.8, 4) is 11.5 Å². The number of hydrogen-bond donors (Lipinski definition) is 1. The second-order valence-corrected chi connectivity index (χ2v) is 6.08. The van der Waals surface area contributed by atoms with Gasteiger partial charge in [0.25, 0.3) is 0 Å². The number of carboxylic acid groups (broad SMARTS) is 1. The highest BCUT2D eigenvalue weighted by Gasteiger charge is 2.25. The fourth-order valence-corrected chi connectivity index (χ4v) is 2.29. The van der Waals surface area contributed by atoms with Gasteiger partial charge in [-0.2, -0.15) is 13.2 Å². The van der Waals surface area contributed by atoms with Gasteiger partial charge in [0.05, 0.1) is 12.2 Å². The maximum absolute atomic E-state index is 12.2. The van der Waals surface area contributed by atoms with Crippen molar-refractivity contribution in [2.75, 3.05) is 6.61 Å². The third-order valence-corrected chi connectivity index (χ3v) is 3.72. The minimum Gasteiger partial charge on any atom is -0.494 e. The summed E-state index contributed by atoms with van der Waals surface area (Å²) < 4.78 is 46.8. The van der Waals surface area contributed by atoms with Gasteiger partial charge >= 0.3 is 18.1 Å². The summed E-state index contributed by atoms with van der Waals surface area (Å²) in [4.78, 5) is 22.6. The van der Waals surface area contributed by atoms with Crippen molar-refractivity contribution in [3.05, 3.63) is 65.7 Å². The lowest BCUT2D eigenvalue weighted by molar-refractivity contribution is -0.136. The maximum atomic E-state index is 12.2. The summed E-state index contributed by atoms with van der Waals surface area (Å²) in [6, 6.07) is 12.4. The van der Waals surface area contributed by atoms with Crippen molar-refractivity contribution < 1.29 is 37.3 Å². The van der Waals surface area contributed by atoms with Gasteiger partial charge in [0.2, 0.25) is 0 Å². The highest BCUT2D eigenvalue weighted by molar-refractivity contribution is 5.91. The fraction of sp³-hybridized carbons (Fsp3) is 0.238. The average molecular weight is 408 g/mol. The molecule has 8 heteroatoms. The molecule has 0 aliphatic rings. The molecule has 154 valence electrons. The van der Waals surface area contributed by atoms with Crippen LogP contribution >= 0.6 is 0 Å². The first-order chi connectivity index (χ1) is 13.7. The van der Waals surface area contributed by atoms with Crippen LogP contribution in [0.2, 0.25) is 0 Å². The average Bonchev–Trinajstić information content (AvgIpc) is 2.66. The topological polar surface area (TPSA) is 72.8 Å². The molecule has 0 bridgehead atoms. The summed E-state index contributed by atoms with van der Waals surface area (Å²) in [7, 11) is 0. The van der Waals surface area contributed by atoms with Crippen molar-refractivity contribution in [1.29, 1.82) is 0 Å².